The Morgan fingerprint density at radius 1 is 1.29 bits per heavy atom. The summed E-state index contributed by atoms with van der Waals surface area (Å²) in [7, 11) is 0. The van der Waals surface area contributed by atoms with Gasteiger partial charge in [-0.05, 0) is 63.4 Å². The fourth-order valence-electron chi connectivity index (χ4n) is 2.90. The molecule has 0 aliphatic carbocycles. The molecule has 0 spiro atoms. The molecule has 0 amide bonds. The Morgan fingerprint density at radius 3 is 2.67 bits per heavy atom. The molecule has 2 rings (SSSR count). The molecule has 5 heteroatoms. The topological polar surface area (TPSA) is 58.4 Å². The first-order chi connectivity index (χ1) is 10.0. The Kier molecular flexibility index (Phi) is 5.17. The van der Waals surface area contributed by atoms with E-state index in [1.54, 1.807) is 6.07 Å². The summed E-state index contributed by atoms with van der Waals surface area (Å²) in [5.41, 5.74) is 2.91. The highest BCUT2D eigenvalue weighted by atomic mass is 16.6. The largest absolute Gasteiger partial charge is 0.377 e. The third-order valence-corrected chi connectivity index (χ3v) is 4.44. The van der Waals surface area contributed by atoms with Crippen LogP contribution < -0.4 is 5.32 Å². The van der Waals surface area contributed by atoms with Crippen molar-refractivity contribution in [3.8, 4) is 0 Å². The predicted molar refractivity (Wildman–Crippen MR) is 85.9 cm³/mol. The molecule has 0 saturated carbocycles. The normalized spacial score (nSPS) is 20.0. The minimum Gasteiger partial charge on any atom is -0.377 e. The second-order valence-corrected chi connectivity index (χ2v) is 5.92. The lowest BCUT2D eigenvalue weighted by molar-refractivity contribution is -0.384. The lowest BCUT2D eigenvalue weighted by atomic mass is 10.1. The van der Waals surface area contributed by atoms with Gasteiger partial charge in [-0.2, -0.15) is 0 Å². The number of hydrogen-bond acceptors (Lipinski definition) is 4. The Hall–Kier alpha value is -1.62. The molecule has 0 radical (unpaired) electrons. The summed E-state index contributed by atoms with van der Waals surface area (Å²) in [4.78, 5) is 13.4. The SMILES string of the molecule is CCN1CCCC(Nc2cc(C)c(C)cc2[N+](=O)[O-])CC1. The fourth-order valence-corrected chi connectivity index (χ4v) is 2.90. The van der Waals surface area contributed by atoms with E-state index >= 15 is 0 Å². The first-order valence-electron chi connectivity index (χ1n) is 7.75. The fraction of sp³-hybridized carbons (Fsp3) is 0.625. The van der Waals surface area contributed by atoms with Crippen LogP contribution in [0.3, 0.4) is 0 Å². The van der Waals surface area contributed by atoms with Crippen LogP contribution in [0, 0.1) is 24.0 Å². The molecule has 21 heavy (non-hydrogen) atoms. The van der Waals surface area contributed by atoms with Crippen LogP contribution in [0.2, 0.25) is 0 Å². The molecule has 5 nitrogen and oxygen atoms in total. The summed E-state index contributed by atoms with van der Waals surface area (Å²) >= 11 is 0. The highest BCUT2D eigenvalue weighted by Gasteiger charge is 2.21. The number of hydrogen-bond donors (Lipinski definition) is 1. The van der Waals surface area contributed by atoms with Gasteiger partial charge in [0.25, 0.3) is 5.69 Å². The Labute approximate surface area is 126 Å². The van der Waals surface area contributed by atoms with E-state index in [1.807, 2.05) is 19.9 Å². The number of nitro groups is 1. The molecule has 1 aliphatic rings. The molecule has 1 aromatic carbocycles. The number of nitrogens with one attached hydrogen (secondary N) is 1. The molecule has 1 fully saturated rings. The molecule has 1 heterocycles. The average molecular weight is 291 g/mol. The van der Waals surface area contributed by atoms with E-state index in [0.29, 0.717) is 11.7 Å². The van der Waals surface area contributed by atoms with Gasteiger partial charge in [0.15, 0.2) is 0 Å². The number of likely N-dealkylation sites (tertiary alicyclic amines) is 1. The van der Waals surface area contributed by atoms with E-state index in [2.05, 4.69) is 17.1 Å². The van der Waals surface area contributed by atoms with Crippen LogP contribution >= 0.6 is 0 Å². The maximum atomic E-state index is 11.3. The number of nitrogens with zero attached hydrogens (tertiary/aromatic N) is 2. The van der Waals surface area contributed by atoms with E-state index < -0.39 is 0 Å². The van der Waals surface area contributed by atoms with Gasteiger partial charge in [0, 0.05) is 18.7 Å². The number of nitro benzene ring substituents is 1. The number of anilines is 1. The van der Waals surface area contributed by atoms with E-state index in [0.717, 1.165) is 50.0 Å². The van der Waals surface area contributed by atoms with E-state index in [-0.39, 0.29) is 10.6 Å². The summed E-state index contributed by atoms with van der Waals surface area (Å²) in [6.07, 6.45) is 3.25. The van der Waals surface area contributed by atoms with Gasteiger partial charge in [0.2, 0.25) is 0 Å². The zero-order valence-corrected chi connectivity index (χ0v) is 13.2. The maximum Gasteiger partial charge on any atom is 0.292 e. The maximum absolute atomic E-state index is 11.3. The molecule has 0 bridgehead atoms. The summed E-state index contributed by atoms with van der Waals surface area (Å²) in [6, 6.07) is 3.91. The number of rotatable bonds is 4. The van der Waals surface area contributed by atoms with Gasteiger partial charge in [-0.1, -0.05) is 6.92 Å². The lowest BCUT2D eigenvalue weighted by Crippen LogP contribution is -2.26. The van der Waals surface area contributed by atoms with E-state index in [9.17, 15) is 10.1 Å². The average Bonchev–Trinajstić information content (AvgIpc) is 2.67. The lowest BCUT2D eigenvalue weighted by Gasteiger charge is -2.19. The molecule has 1 aliphatic heterocycles. The van der Waals surface area contributed by atoms with Crippen molar-refractivity contribution in [2.24, 2.45) is 0 Å². The van der Waals surface area contributed by atoms with E-state index in [4.69, 9.17) is 0 Å². The van der Waals surface area contributed by atoms with Gasteiger partial charge in [0.1, 0.15) is 5.69 Å². The third-order valence-electron chi connectivity index (χ3n) is 4.44. The van der Waals surface area contributed by atoms with Gasteiger partial charge < -0.3 is 10.2 Å². The van der Waals surface area contributed by atoms with Gasteiger partial charge in [-0.3, -0.25) is 10.1 Å². The van der Waals surface area contributed by atoms with Crippen molar-refractivity contribution < 1.29 is 4.92 Å². The Balaban J connectivity index is 2.15. The van der Waals surface area contributed by atoms with Gasteiger partial charge in [0.05, 0.1) is 4.92 Å². The van der Waals surface area contributed by atoms with Crippen LogP contribution in [0.5, 0.6) is 0 Å². The quantitative estimate of drug-likeness (QED) is 0.681. The first kappa shape index (κ1) is 15.8. The first-order valence-corrected chi connectivity index (χ1v) is 7.75. The molecule has 1 N–H and O–H groups in total. The minimum absolute atomic E-state index is 0.190. The van der Waals surface area contributed by atoms with Crippen molar-refractivity contribution in [2.75, 3.05) is 25.0 Å². The zero-order chi connectivity index (χ0) is 15.4. The summed E-state index contributed by atoms with van der Waals surface area (Å²) in [6.45, 7) is 9.36. The highest BCUT2D eigenvalue weighted by molar-refractivity contribution is 5.64. The summed E-state index contributed by atoms with van der Waals surface area (Å²) < 4.78 is 0. The van der Waals surface area contributed by atoms with Crippen molar-refractivity contribution >= 4 is 11.4 Å². The van der Waals surface area contributed by atoms with Crippen molar-refractivity contribution in [1.29, 1.82) is 0 Å². The monoisotopic (exact) mass is 291 g/mol. The van der Waals surface area contributed by atoms with Crippen molar-refractivity contribution in [2.45, 2.75) is 46.1 Å². The van der Waals surface area contributed by atoms with Gasteiger partial charge in [-0.15, -0.1) is 0 Å². The van der Waals surface area contributed by atoms with Gasteiger partial charge >= 0.3 is 0 Å². The number of benzene rings is 1. The Morgan fingerprint density at radius 2 is 2.00 bits per heavy atom. The molecular formula is C16H25N3O2. The summed E-state index contributed by atoms with van der Waals surface area (Å²) in [5.74, 6) is 0. The molecule has 1 saturated heterocycles. The second kappa shape index (κ2) is 6.89. The van der Waals surface area contributed by atoms with Crippen molar-refractivity contribution in [3.63, 3.8) is 0 Å². The third kappa shape index (κ3) is 3.94. The van der Waals surface area contributed by atoms with Crippen LogP contribution in [-0.2, 0) is 0 Å². The molecular weight excluding hydrogens is 266 g/mol. The van der Waals surface area contributed by atoms with Crippen molar-refractivity contribution in [3.05, 3.63) is 33.4 Å². The standard InChI is InChI=1S/C16H25N3O2/c1-4-18-8-5-6-14(7-9-18)17-15-10-12(2)13(3)11-16(15)19(20)21/h10-11,14,17H,4-9H2,1-3H3. The Bertz CT molecular complexity index is 516. The van der Waals surface area contributed by atoms with Crippen LogP contribution in [0.25, 0.3) is 0 Å². The van der Waals surface area contributed by atoms with E-state index in [1.165, 1.54) is 0 Å². The molecule has 1 aromatic rings. The van der Waals surface area contributed by atoms with Crippen LogP contribution in [-0.4, -0.2) is 35.5 Å². The molecule has 1 atom stereocenters. The highest BCUT2D eigenvalue weighted by Crippen LogP contribution is 2.29. The van der Waals surface area contributed by atoms with Crippen LogP contribution in [0.1, 0.15) is 37.3 Å². The number of aryl methyl sites for hydroxylation is 2. The molecule has 0 aromatic heterocycles. The second-order valence-electron chi connectivity index (χ2n) is 5.92. The van der Waals surface area contributed by atoms with Crippen molar-refractivity contribution in [1.82, 2.24) is 4.90 Å². The van der Waals surface area contributed by atoms with Gasteiger partial charge in [-0.25, -0.2) is 0 Å². The molecule has 1 unspecified atom stereocenters. The molecule has 116 valence electrons. The zero-order valence-electron chi connectivity index (χ0n) is 13.2. The van der Waals surface area contributed by atoms with Crippen LogP contribution in [0.15, 0.2) is 12.1 Å². The van der Waals surface area contributed by atoms with Crippen LogP contribution in [0.4, 0.5) is 11.4 Å². The predicted octanol–water partition coefficient (Wildman–Crippen LogP) is 3.50. The summed E-state index contributed by atoms with van der Waals surface area (Å²) in [5, 5.41) is 14.7. The minimum atomic E-state index is -0.288. The smallest absolute Gasteiger partial charge is 0.292 e.